The molecule has 4 rings (SSSR count). The molecular weight excluding hydrogens is 412 g/mol. The van der Waals surface area contributed by atoms with E-state index in [2.05, 4.69) is 19.7 Å². The third-order valence-corrected chi connectivity index (χ3v) is 6.12. The van der Waals surface area contributed by atoms with E-state index in [4.69, 9.17) is 14.2 Å². The molecule has 164 valence electrons. The fourth-order valence-electron chi connectivity index (χ4n) is 3.70. The summed E-state index contributed by atoms with van der Waals surface area (Å²) < 4.78 is 19.0. The molecule has 0 bridgehead atoms. The molecule has 1 aliphatic rings. The van der Waals surface area contributed by atoms with Gasteiger partial charge in [-0.2, -0.15) is 0 Å². The van der Waals surface area contributed by atoms with Gasteiger partial charge in [-0.3, -0.25) is 4.57 Å². The van der Waals surface area contributed by atoms with Crippen LogP contribution in [-0.2, 0) is 0 Å². The molecule has 2 aromatic carbocycles. The summed E-state index contributed by atoms with van der Waals surface area (Å²) in [5.41, 5.74) is 0.948. The van der Waals surface area contributed by atoms with Crippen LogP contribution in [0.4, 0.5) is 5.95 Å². The Kier molecular flexibility index (Phi) is 7.19. The van der Waals surface area contributed by atoms with E-state index in [9.17, 15) is 0 Å². The first-order valence-corrected chi connectivity index (χ1v) is 11.5. The normalized spacial score (nSPS) is 13.8. The maximum atomic E-state index is 5.92. The second kappa shape index (κ2) is 10.4. The first-order chi connectivity index (χ1) is 15.3. The Balaban J connectivity index is 1.53. The molecule has 0 radical (unpaired) electrons. The molecular formula is C23H28N4O3S. The Bertz CT molecular complexity index is 988. The highest BCUT2D eigenvalue weighted by atomic mass is 32.2. The van der Waals surface area contributed by atoms with Crippen LogP contribution in [-0.4, -0.2) is 54.4 Å². The van der Waals surface area contributed by atoms with Crippen molar-refractivity contribution in [2.45, 2.75) is 24.4 Å². The maximum absolute atomic E-state index is 5.92. The van der Waals surface area contributed by atoms with Crippen LogP contribution in [0.25, 0.3) is 5.69 Å². The van der Waals surface area contributed by atoms with E-state index >= 15 is 0 Å². The molecule has 0 aliphatic carbocycles. The van der Waals surface area contributed by atoms with Crippen LogP contribution in [0, 0.1) is 0 Å². The molecule has 1 aromatic heterocycles. The lowest BCUT2D eigenvalue weighted by atomic mass is 10.1. The molecule has 3 aromatic rings. The number of benzene rings is 2. The monoisotopic (exact) mass is 440 g/mol. The van der Waals surface area contributed by atoms with E-state index in [0.717, 1.165) is 52.9 Å². The van der Waals surface area contributed by atoms with Gasteiger partial charge in [-0.25, -0.2) is 0 Å². The molecule has 2 heterocycles. The van der Waals surface area contributed by atoms with Crippen molar-refractivity contribution >= 4 is 17.7 Å². The topological polar surface area (TPSA) is 61.6 Å². The zero-order chi connectivity index (χ0) is 21.5. The van der Waals surface area contributed by atoms with E-state index in [0.29, 0.717) is 6.61 Å². The van der Waals surface area contributed by atoms with Crippen molar-refractivity contribution in [1.82, 2.24) is 14.8 Å². The van der Waals surface area contributed by atoms with Crippen molar-refractivity contribution < 1.29 is 14.2 Å². The van der Waals surface area contributed by atoms with Gasteiger partial charge in [-0.05, 0) is 43.5 Å². The molecule has 0 atom stereocenters. The molecule has 0 saturated carbocycles. The van der Waals surface area contributed by atoms with Crippen LogP contribution in [0.15, 0.2) is 53.7 Å². The number of piperidine rings is 1. The van der Waals surface area contributed by atoms with Gasteiger partial charge in [-0.1, -0.05) is 36.0 Å². The number of thioether (sulfide) groups is 1. The van der Waals surface area contributed by atoms with E-state index < -0.39 is 0 Å². The summed E-state index contributed by atoms with van der Waals surface area (Å²) in [6.45, 7) is 2.52. The highest BCUT2D eigenvalue weighted by Crippen LogP contribution is 2.33. The van der Waals surface area contributed by atoms with E-state index in [1.165, 1.54) is 19.3 Å². The lowest BCUT2D eigenvalue weighted by Gasteiger charge is -2.28. The standard InChI is InChI=1S/C23H28N4O3S/c1-28-19-11-5-4-10-18(19)27-22(26-14-8-3-9-15-26)24-25-23(27)31-17-16-30-21-13-7-6-12-20(21)29-2/h4-7,10-13H,3,8-9,14-17H2,1-2H3. The lowest BCUT2D eigenvalue weighted by molar-refractivity contribution is 0.313. The van der Waals surface area contributed by atoms with Gasteiger partial charge in [0.2, 0.25) is 5.95 Å². The summed E-state index contributed by atoms with van der Waals surface area (Å²) in [6.07, 6.45) is 3.61. The number of methoxy groups -OCH3 is 2. The zero-order valence-electron chi connectivity index (χ0n) is 18.0. The van der Waals surface area contributed by atoms with Crippen LogP contribution in [0.3, 0.4) is 0 Å². The number of hydrogen-bond acceptors (Lipinski definition) is 7. The van der Waals surface area contributed by atoms with Crippen LogP contribution >= 0.6 is 11.8 Å². The van der Waals surface area contributed by atoms with Crippen molar-refractivity contribution in [2.75, 3.05) is 44.6 Å². The van der Waals surface area contributed by atoms with Crippen molar-refractivity contribution in [2.24, 2.45) is 0 Å². The summed E-state index contributed by atoms with van der Waals surface area (Å²) in [5, 5.41) is 9.90. The number of para-hydroxylation sites is 4. The molecule has 31 heavy (non-hydrogen) atoms. The number of rotatable bonds is 9. The Hall–Kier alpha value is -2.87. The van der Waals surface area contributed by atoms with Crippen molar-refractivity contribution in [3.8, 4) is 22.9 Å². The van der Waals surface area contributed by atoms with E-state index in [-0.39, 0.29) is 0 Å². The molecule has 0 N–H and O–H groups in total. The second-order valence-corrected chi connectivity index (χ2v) is 8.25. The minimum Gasteiger partial charge on any atom is -0.495 e. The first kappa shape index (κ1) is 21.4. The summed E-state index contributed by atoms with van der Waals surface area (Å²) in [5.74, 6) is 3.87. The molecule has 1 saturated heterocycles. The second-order valence-electron chi connectivity index (χ2n) is 7.19. The van der Waals surface area contributed by atoms with Crippen LogP contribution in [0.5, 0.6) is 17.2 Å². The quantitative estimate of drug-likeness (QED) is 0.360. The molecule has 0 unspecified atom stereocenters. The van der Waals surface area contributed by atoms with Crippen LogP contribution in [0.2, 0.25) is 0 Å². The van der Waals surface area contributed by atoms with Crippen molar-refractivity contribution in [3.05, 3.63) is 48.5 Å². The summed E-state index contributed by atoms with van der Waals surface area (Å²) >= 11 is 1.62. The fraction of sp³-hybridized carbons (Fsp3) is 0.391. The third-order valence-electron chi connectivity index (χ3n) is 5.22. The highest BCUT2D eigenvalue weighted by molar-refractivity contribution is 7.99. The summed E-state index contributed by atoms with van der Waals surface area (Å²) in [4.78, 5) is 2.32. The van der Waals surface area contributed by atoms with Crippen LogP contribution in [0.1, 0.15) is 19.3 Å². The Morgan fingerprint density at radius 1 is 0.839 bits per heavy atom. The molecule has 7 nitrogen and oxygen atoms in total. The Labute approximate surface area is 187 Å². The zero-order valence-corrected chi connectivity index (χ0v) is 18.8. The predicted molar refractivity (Wildman–Crippen MR) is 123 cm³/mol. The largest absolute Gasteiger partial charge is 0.495 e. The minimum atomic E-state index is 0.531. The average molecular weight is 441 g/mol. The van der Waals surface area contributed by atoms with Gasteiger partial charge in [-0.15, -0.1) is 10.2 Å². The summed E-state index contributed by atoms with van der Waals surface area (Å²) in [6, 6.07) is 15.7. The van der Waals surface area contributed by atoms with E-state index in [1.54, 1.807) is 26.0 Å². The van der Waals surface area contributed by atoms with Crippen molar-refractivity contribution in [3.63, 3.8) is 0 Å². The van der Waals surface area contributed by atoms with Gasteiger partial charge >= 0.3 is 0 Å². The Morgan fingerprint density at radius 3 is 2.26 bits per heavy atom. The van der Waals surface area contributed by atoms with Crippen molar-refractivity contribution in [1.29, 1.82) is 0 Å². The number of ether oxygens (including phenoxy) is 3. The van der Waals surface area contributed by atoms with E-state index in [1.807, 2.05) is 48.5 Å². The minimum absolute atomic E-state index is 0.531. The highest BCUT2D eigenvalue weighted by Gasteiger charge is 2.23. The number of anilines is 1. The summed E-state index contributed by atoms with van der Waals surface area (Å²) in [7, 11) is 3.34. The smallest absolute Gasteiger partial charge is 0.232 e. The van der Waals surface area contributed by atoms with Gasteiger partial charge in [0.25, 0.3) is 0 Å². The van der Waals surface area contributed by atoms with Gasteiger partial charge in [0.05, 0.1) is 26.5 Å². The molecule has 0 amide bonds. The van der Waals surface area contributed by atoms with Gasteiger partial charge in [0.1, 0.15) is 5.75 Å². The fourth-order valence-corrected chi connectivity index (χ4v) is 4.46. The molecule has 1 fully saturated rings. The SMILES string of the molecule is COc1ccccc1OCCSc1nnc(N2CCCCC2)n1-c1ccccc1OC. The first-order valence-electron chi connectivity index (χ1n) is 10.5. The number of nitrogens with zero attached hydrogens (tertiary/aromatic N) is 4. The third kappa shape index (κ3) is 4.90. The number of aromatic nitrogens is 3. The predicted octanol–water partition coefficient (Wildman–Crippen LogP) is 4.45. The van der Waals surface area contributed by atoms with Gasteiger partial charge in [0.15, 0.2) is 16.7 Å². The van der Waals surface area contributed by atoms with Crippen LogP contribution < -0.4 is 19.1 Å². The Morgan fingerprint density at radius 2 is 1.52 bits per heavy atom. The number of hydrogen-bond donors (Lipinski definition) is 0. The average Bonchev–Trinajstić information content (AvgIpc) is 3.26. The van der Waals surface area contributed by atoms with Gasteiger partial charge in [0, 0.05) is 18.8 Å². The lowest BCUT2D eigenvalue weighted by Crippen LogP contribution is -2.31. The molecule has 8 heteroatoms. The molecule has 0 spiro atoms. The maximum Gasteiger partial charge on any atom is 0.232 e. The molecule has 1 aliphatic heterocycles. The van der Waals surface area contributed by atoms with Gasteiger partial charge < -0.3 is 19.1 Å².